The molecule has 0 amide bonds. The van der Waals surface area contributed by atoms with E-state index < -0.39 is 0 Å². The van der Waals surface area contributed by atoms with Crippen LogP contribution in [0.15, 0.2) is 29.3 Å². The second-order valence-electron chi connectivity index (χ2n) is 4.75. The van der Waals surface area contributed by atoms with Gasteiger partial charge in [-0.2, -0.15) is 5.10 Å². The molecule has 0 bridgehead atoms. The van der Waals surface area contributed by atoms with Crippen LogP contribution >= 0.6 is 23.2 Å². The highest BCUT2D eigenvalue weighted by molar-refractivity contribution is 6.39. The molecule has 0 unspecified atom stereocenters. The van der Waals surface area contributed by atoms with Crippen LogP contribution in [0.2, 0.25) is 10.0 Å². The van der Waals surface area contributed by atoms with E-state index in [4.69, 9.17) is 27.9 Å². The summed E-state index contributed by atoms with van der Waals surface area (Å²) in [6.45, 7) is 0.712. The number of aromatic amines is 1. The summed E-state index contributed by atoms with van der Waals surface area (Å²) in [7, 11) is 1.60. The Kier molecular flexibility index (Phi) is 4.15. The Morgan fingerprint density at radius 1 is 1.32 bits per heavy atom. The van der Waals surface area contributed by atoms with Gasteiger partial charge in [0.05, 0.1) is 51.8 Å². The maximum absolute atomic E-state index is 12.6. The molecule has 3 aromatic rings. The van der Waals surface area contributed by atoms with Crippen LogP contribution in [0, 0.1) is 0 Å². The van der Waals surface area contributed by atoms with E-state index in [0.29, 0.717) is 34.1 Å². The molecule has 1 N–H and O–H groups in total. The number of ether oxygens (including phenoxy) is 1. The topological polar surface area (TPSA) is 72.8 Å². The lowest BCUT2D eigenvalue weighted by molar-refractivity contribution is 0.181. The maximum Gasteiger partial charge on any atom is 0.263 e. The third-order valence-corrected chi connectivity index (χ3v) is 3.82. The number of nitrogens with one attached hydrogen (secondary N) is 1. The summed E-state index contributed by atoms with van der Waals surface area (Å²) in [6.07, 6.45) is 1.45. The minimum absolute atomic E-state index is 0.250. The monoisotopic (exact) mass is 338 g/mol. The molecule has 114 valence electrons. The summed E-state index contributed by atoms with van der Waals surface area (Å²) in [5.74, 6) is 0. The first kappa shape index (κ1) is 15.0. The van der Waals surface area contributed by atoms with Crippen LogP contribution in [-0.4, -0.2) is 26.9 Å². The number of nitrogens with zero attached hydrogens (tertiary/aromatic N) is 3. The number of fused-ring (bicyclic) bond motifs is 1. The van der Waals surface area contributed by atoms with E-state index in [1.54, 1.807) is 19.2 Å². The molecule has 6 nitrogen and oxygen atoms in total. The Labute approximate surface area is 135 Å². The number of halogens is 2. The van der Waals surface area contributed by atoms with Crippen LogP contribution in [0.1, 0.15) is 11.4 Å². The van der Waals surface area contributed by atoms with Crippen molar-refractivity contribution in [2.45, 2.75) is 13.2 Å². The number of benzene rings is 1. The van der Waals surface area contributed by atoms with Gasteiger partial charge >= 0.3 is 0 Å². The zero-order chi connectivity index (χ0) is 15.7. The minimum Gasteiger partial charge on any atom is -0.378 e. The first-order valence-electron chi connectivity index (χ1n) is 6.45. The number of H-pyrrole nitrogens is 1. The first-order chi connectivity index (χ1) is 10.6. The van der Waals surface area contributed by atoms with Crippen molar-refractivity contribution in [2.24, 2.45) is 0 Å². The average Bonchev–Trinajstić information content (AvgIpc) is 2.93. The largest absolute Gasteiger partial charge is 0.378 e. The van der Waals surface area contributed by atoms with E-state index in [0.717, 1.165) is 11.4 Å². The van der Waals surface area contributed by atoms with E-state index >= 15 is 0 Å². The van der Waals surface area contributed by atoms with E-state index in [-0.39, 0.29) is 5.56 Å². The lowest BCUT2D eigenvalue weighted by Crippen LogP contribution is -2.21. The molecule has 0 saturated heterocycles. The number of rotatable bonds is 4. The van der Waals surface area contributed by atoms with E-state index in [2.05, 4.69) is 15.2 Å². The smallest absolute Gasteiger partial charge is 0.263 e. The van der Waals surface area contributed by atoms with Crippen LogP contribution < -0.4 is 5.56 Å². The third kappa shape index (κ3) is 2.72. The van der Waals surface area contributed by atoms with Crippen molar-refractivity contribution in [3.05, 3.63) is 56.3 Å². The summed E-state index contributed by atoms with van der Waals surface area (Å²) >= 11 is 12.2. The standard InChI is InChI=1S/C14H12Cl2N4O2/c1-22-6-9-4-8(18-19-9)5-20-7-17-13-11(16)3-2-10(15)12(13)14(20)21/h2-4,7H,5-6H2,1H3,(H,18,19). The number of aromatic nitrogens is 4. The van der Waals surface area contributed by atoms with Gasteiger partial charge in [-0.3, -0.25) is 14.5 Å². The Hall–Kier alpha value is -1.89. The SMILES string of the molecule is COCc1cc(Cn2cnc3c(Cl)ccc(Cl)c3c2=O)[nH]n1. The Morgan fingerprint density at radius 3 is 2.86 bits per heavy atom. The molecule has 8 heteroatoms. The normalized spacial score (nSPS) is 11.2. The van der Waals surface area contributed by atoms with Gasteiger partial charge in [0.15, 0.2) is 0 Å². The van der Waals surface area contributed by atoms with Crippen molar-refractivity contribution in [1.29, 1.82) is 0 Å². The highest BCUT2D eigenvalue weighted by atomic mass is 35.5. The number of methoxy groups -OCH3 is 1. The molecule has 0 aliphatic rings. The molecule has 0 spiro atoms. The highest BCUT2D eigenvalue weighted by Gasteiger charge is 2.12. The van der Waals surface area contributed by atoms with Gasteiger partial charge in [0.1, 0.15) is 0 Å². The van der Waals surface area contributed by atoms with Crippen LogP contribution in [0.25, 0.3) is 10.9 Å². The molecule has 0 saturated carbocycles. The van der Waals surface area contributed by atoms with E-state index in [1.807, 2.05) is 6.07 Å². The van der Waals surface area contributed by atoms with Crippen molar-refractivity contribution < 1.29 is 4.74 Å². The van der Waals surface area contributed by atoms with Crippen molar-refractivity contribution in [3.8, 4) is 0 Å². The molecule has 0 radical (unpaired) electrons. The maximum atomic E-state index is 12.6. The lowest BCUT2D eigenvalue weighted by Gasteiger charge is -2.07. The minimum atomic E-state index is -0.250. The van der Waals surface area contributed by atoms with Crippen LogP contribution in [-0.2, 0) is 17.9 Å². The van der Waals surface area contributed by atoms with Gasteiger partial charge in [-0.05, 0) is 18.2 Å². The summed E-state index contributed by atoms with van der Waals surface area (Å²) < 4.78 is 6.46. The van der Waals surface area contributed by atoms with Crippen LogP contribution in [0.4, 0.5) is 0 Å². The van der Waals surface area contributed by atoms with Gasteiger partial charge in [0.25, 0.3) is 5.56 Å². The van der Waals surface area contributed by atoms with E-state index in [1.165, 1.54) is 10.9 Å². The molecule has 2 aromatic heterocycles. The predicted molar refractivity (Wildman–Crippen MR) is 84.4 cm³/mol. The fourth-order valence-corrected chi connectivity index (χ4v) is 2.64. The van der Waals surface area contributed by atoms with Gasteiger partial charge in [0.2, 0.25) is 0 Å². The molecular weight excluding hydrogens is 327 g/mol. The Morgan fingerprint density at radius 2 is 2.09 bits per heavy atom. The molecule has 0 aliphatic heterocycles. The van der Waals surface area contributed by atoms with Gasteiger partial charge in [-0.1, -0.05) is 23.2 Å². The molecule has 0 aliphatic carbocycles. The van der Waals surface area contributed by atoms with Crippen molar-refractivity contribution in [1.82, 2.24) is 19.7 Å². The van der Waals surface area contributed by atoms with Gasteiger partial charge < -0.3 is 4.74 Å². The van der Waals surface area contributed by atoms with Gasteiger partial charge in [-0.15, -0.1) is 0 Å². The summed E-state index contributed by atoms with van der Waals surface area (Å²) in [6, 6.07) is 5.04. The van der Waals surface area contributed by atoms with Gasteiger partial charge in [0, 0.05) is 7.11 Å². The first-order valence-corrected chi connectivity index (χ1v) is 7.21. The quantitative estimate of drug-likeness (QED) is 0.793. The van der Waals surface area contributed by atoms with Crippen molar-refractivity contribution in [2.75, 3.05) is 7.11 Å². The molecule has 2 heterocycles. The molecule has 0 atom stereocenters. The van der Waals surface area contributed by atoms with Crippen LogP contribution in [0.3, 0.4) is 0 Å². The molecule has 3 rings (SSSR count). The van der Waals surface area contributed by atoms with Crippen molar-refractivity contribution >= 4 is 34.1 Å². The second kappa shape index (κ2) is 6.08. The fourth-order valence-electron chi connectivity index (χ4n) is 2.20. The zero-order valence-corrected chi connectivity index (χ0v) is 13.1. The Bertz CT molecular complexity index is 888. The van der Waals surface area contributed by atoms with Crippen LogP contribution in [0.5, 0.6) is 0 Å². The summed E-state index contributed by atoms with van der Waals surface area (Å²) in [4.78, 5) is 16.8. The highest BCUT2D eigenvalue weighted by Crippen LogP contribution is 2.25. The predicted octanol–water partition coefficient (Wildman–Crippen LogP) is 2.62. The second-order valence-corrected chi connectivity index (χ2v) is 5.56. The molecule has 0 fully saturated rings. The summed E-state index contributed by atoms with van der Waals surface area (Å²) in [5, 5.41) is 8.00. The van der Waals surface area contributed by atoms with E-state index in [9.17, 15) is 4.79 Å². The molecule has 22 heavy (non-hydrogen) atoms. The average molecular weight is 339 g/mol. The van der Waals surface area contributed by atoms with Crippen molar-refractivity contribution in [3.63, 3.8) is 0 Å². The van der Waals surface area contributed by atoms with Gasteiger partial charge in [-0.25, -0.2) is 4.98 Å². The number of hydrogen-bond donors (Lipinski definition) is 1. The fraction of sp³-hybridized carbons (Fsp3) is 0.214. The Balaban J connectivity index is 2.02. The number of hydrogen-bond acceptors (Lipinski definition) is 4. The molecular formula is C14H12Cl2N4O2. The lowest BCUT2D eigenvalue weighted by atomic mass is 10.2. The molecule has 1 aromatic carbocycles. The summed E-state index contributed by atoms with van der Waals surface area (Å²) in [5.41, 5.74) is 1.69. The third-order valence-electron chi connectivity index (χ3n) is 3.20. The zero-order valence-electron chi connectivity index (χ0n) is 11.6.